The van der Waals surface area contributed by atoms with Crippen molar-refractivity contribution >= 4 is 5.71 Å². The summed E-state index contributed by atoms with van der Waals surface area (Å²) in [6, 6.07) is 7.77. The van der Waals surface area contributed by atoms with Crippen LogP contribution in [0.1, 0.15) is 31.9 Å². The second-order valence-corrected chi connectivity index (χ2v) is 4.86. The maximum Gasteiger partial charge on any atom is 0.192 e. The third-order valence-corrected chi connectivity index (χ3v) is 3.20. The molecule has 0 unspecified atom stereocenters. The molecule has 1 aromatic rings. The first-order chi connectivity index (χ1) is 8.57. The molecule has 0 spiro atoms. The van der Waals surface area contributed by atoms with Crippen LogP contribution in [0.15, 0.2) is 29.4 Å². The highest BCUT2D eigenvalue weighted by atomic mass is 16.7. The van der Waals surface area contributed by atoms with Crippen molar-refractivity contribution in [3.63, 3.8) is 0 Å². The quantitative estimate of drug-likeness (QED) is 0.509. The normalized spacial score (nSPS) is 19.4. The molecule has 2 rings (SSSR count). The molecule has 0 aromatic heterocycles. The molecule has 1 heterocycles. The average Bonchev–Trinajstić information content (AvgIpc) is 2.79. The predicted octanol–water partition coefficient (Wildman–Crippen LogP) is 2.74. The fourth-order valence-corrected chi connectivity index (χ4v) is 2.13. The van der Waals surface area contributed by atoms with Gasteiger partial charge < -0.3 is 14.7 Å². The molecule has 1 aliphatic rings. The lowest BCUT2D eigenvalue weighted by atomic mass is 9.97. The van der Waals surface area contributed by atoms with Crippen molar-refractivity contribution in [2.24, 2.45) is 11.1 Å². The van der Waals surface area contributed by atoms with Crippen LogP contribution in [0.25, 0.3) is 0 Å². The van der Waals surface area contributed by atoms with Gasteiger partial charge in [-0.25, -0.2) is 0 Å². The Labute approximate surface area is 107 Å². The highest BCUT2D eigenvalue weighted by molar-refractivity contribution is 6.01. The van der Waals surface area contributed by atoms with E-state index in [4.69, 9.17) is 14.7 Å². The van der Waals surface area contributed by atoms with E-state index in [-0.39, 0.29) is 5.92 Å². The Morgan fingerprint density at radius 1 is 1.22 bits per heavy atom. The standard InChI is InChI=1S/C14H19NO3/c1-10(2)13(15-16)11-4-6-12(7-5-11)14(3)17-8-9-18-14/h4-7,10,16H,8-9H2,1-3H3/b15-13+. The lowest BCUT2D eigenvalue weighted by Gasteiger charge is -2.23. The Balaban J connectivity index is 2.25. The molecule has 0 bridgehead atoms. The van der Waals surface area contributed by atoms with Crippen molar-refractivity contribution < 1.29 is 14.7 Å². The van der Waals surface area contributed by atoms with Gasteiger partial charge in [0.25, 0.3) is 0 Å². The minimum atomic E-state index is -0.646. The summed E-state index contributed by atoms with van der Waals surface area (Å²) in [5.74, 6) is -0.470. The zero-order chi connectivity index (χ0) is 13.2. The van der Waals surface area contributed by atoms with Crippen LogP contribution < -0.4 is 0 Å². The summed E-state index contributed by atoms with van der Waals surface area (Å²) in [6.07, 6.45) is 0. The van der Waals surface area contributed by atoms with Gasteiger partial charge >= 0.3 is 0 Å². The molecule has 1 aromatic carbocycles. The van der Waals surface area contributed by atoms with E-state index in [1.807, 2.05) is 45.0 Å². The smallest absolute Gasteiger partial charge is 0.192 e. The van der Waals surface area contributed by atoms with E-state index < -0.39 is 5.79 Å². The Hall–Kier alpha value is -1.39. The van der Waals surface area contributed by atoms with Gasteiger partial charge in [0.1, 0.15) is 0 Å². The van der Waals surface area contributed by atoms with E-state index in [0.29, 0.717) is 18.9 Å². The number of benzene rings is 1. The second kappa shape index (κ2) is 5.08. The first kappa shape index (κ1) is 13.1. The third-order valence-electron chi connectivity index (χ3n) is 3.20. The maximum atomic E-state index is 9.02. The third kappa shape index (κ3) is 2.40. The van der Waals surface area contributed by atoms with Crippen LogP contribution in [0.3, 0.4) is 0 Å². The zero-order valence-electron chi connectivity index (χ0n) is 11.0. The van der Waals surface area contributed by atoms with E-state index in [9.17, 15) is 0 Å². The summed E-state index contributed by atoms with van der Waals surface area (Å²) >= 11 is 0. The molecule has 98 valence electrons. The maximum absolute atomic E-state index is 9.02. The molecule has 1 saturated heterocycles. The number of oxime groups is 1. The van der Waals surface area contributed by atoms with E-state index in [2.05, 4.69) is 5.16 Å². The minimum Gasteiger partial charge on any atom is -0.411 e. The molecule has 0 radical (unpaired) electrons. The minimum absolute atomic E-state index is 0.176. The Bertz CT molecular complexity index is 431. The van der Waals surface area contributed by atoms with Gasteiger partial charge in [-0.15, -0.1) is 0 Å². The number of hydrogen-bond acceptors (Lipinski definition) is 4. The molecule has 0 amide bonds. The first-order valence-corrected chi connectivity index (χ1v) is 6.17. The Morgan fingerprint density at radius 3 is 2.22 bits per heavy atom. The zero-order valence-corrected chi connectivity index (χ0v) is 11.0. The van der Waals surface area contributed by atoms with Crippen LogP contribution in [0.5, 0.6) is 0 Å². The molecule has 0 saturated carbocycles. The van der Waals surface area contributed by atoms with Gasteiger partial charge in [-0.3, -0.25) is 0 Å². The van der Waals surface area contributed by atoms with Gasteiger partial charge in [-0.05, 0) is 18.4 Å². The summed E-state index contributed by atoms with van der Waals surface area (Å²) < 4.78 is 11.2. The van der Waals surface area contributed by atoms with Crippen molar-refractivity contribution in [3.8, 4) is 0 Å². The lowest BCUT2D eigenvalue weighted by molar-refractivity contribution is -0.149. The van der Waals surface area contributed by atoms with Crippen LogP contribution in [0, 0.1) is 5.92 Å². The summed E-state index contributed by atoms with van der Waals surface area (Å²) in [6.45, 7) is 7.14. The van der Waals surface area contributed by atoms with Gasteiger partial charge in [-0.2, -0.15) is 0 Å². The van der Waals surface area contributed by atoms with E-state index in [1.165, 1.54) is 0 Å². The molecule has 4 heteroatoms. The predicted molar refractivity (Wildman–Crippen MR) is 68.9 cm³/mol. The SMILES string of the molecule is CC(C)/C(=N\O)c1ccc(C2(C)OCCO2)cc1. The van der Waals surface area contributed by atoms with Crippen LogP contribution >= 0.6 is 0 Å². The van der Waals surface area contributed by atoms with Crippen molar-refractivity contribution in [3.05, 3.63) is 35.4 Å². The fourth-order valence-electron chi connectivity index (χ4n) is 2.13. The molecule has 4 nitrogen and oxygen atoms in total. The van der Waals surface area contributed by atoms with Gasteiger partial charge in [0.2, 0.25) is 0 Å². The highest BCUT2D eigenvalue weighted by Gasteiger charge is 2.32. The van der Waals surface area contributed by atoms with Gasteiger partial charge in [0, 0.05) is 5.56 Å². The van der Waals surface area contributed by atoms with Gasteiger partial charge in [0.15, 0.2) is 5.79 Å². The number of rotatable bonds is 3. The number of nitrogens with zero attached hydrogens (tertiary/aromatic N) is 1. The lowest BCUT2D eigenvalue weighted by Crippen LogP contribution is -2.22. The molecule has 1 N–H and O–H groups in total. The van der Waals surface area contributed by atoms with Crippen LogP contribution in [0.2, 0.25) is 0 Å². The molecular weight excluding hydrogens is 230 g/mol. The number of ether oxygens (including phenoxy) is 2. The summed E-state index contributed by atoms with van der Waals surface area (Å²) in [5.41, 5.74) is 2.57. The summed E-state index contributed by atoms with van der Waals surface area (Å²) in [4.78, 5) is 0. The van der Waals surface area contributed by atoms with E-state index in [1.54, 1.807) is 0 Å². The monoisotopic (exact) mass is 249 g/mol. The fraction of sp³-hybridized carbons (Fsp3) is 0.500. The van der Waals surface area contributed by atoms with Crippen LogP contribution in [-0.2, 0) is 15.3 Å². The molecule has 1 aliphatic heterocycles. The highest BCUT2D eigenvalue weighted by Crippen LogP contribution is 2.30. The second-order valence-electron chi connectivity index (χ2n) is 4.86. The topological polar surface area (TPSA) is 51.1 Å². The van der Waals surface area contributed by atoms with Gasteiger partial charge in [-0.1, -0.05) is 43.3 Å². The largest absolute Gasteiger partial charge is 0.411 e. The summed E-state index contributed by atoms with van der Waals surface area (Å²) in [7, 11) is 0. The van der Waals surface area contributed by atoms with Gasteiger partial charge in [0.05, 0.1) is 18.9 Å². The first-order valence-electron chi connectivity index (χ1n) is 6.17. The van der Waals surface area contributed by atoms with Crippen molar-refractivity contribution in [1.82, 2.24) is 0 Å². The van der Waals surface area contributed by atoms with Crippen LogP contribution in [-0.4, -0.2) is 24.1 Å². The van der Waals surface area contributed by atoms with Crippen molar-refractivity contribution in [2.75, 3.05) is 13.2 Å². The molecule has 0 atom stereocenters. The molecule has 0 aliphatic carbocycles. The number of hydrogen-bond donors (Lipinski definition) is 1. The Morgan fingerprint density at radius 2 is 1.78 bits per heavy atom. The van der Waals surface area contributed by atoms with Crippen molar-refractivity contribution in [1.29, 1.82) is 0 Å². The van der Waals surface area contributed by atoms with E-state index >= 15 is 0 Å². The Kier molecular flexibility index (Phi) is 3.68. The van der Waals surface area contributed by atoms with E-state index in [0.717, 1.165) is 11.1 Å². The summed E-state index contributed by atoms with van der Waals surface area (Å²) in [5, 5.41) is 12.4. The molecule has 18 heavy (non-hydrogen) atoms. The van der Waals surface area contributed by atoms with Crippen molar-refractivity contribution in [2.45, 2.75) is 26.6 Å². The molecule has 1 fully saturated rings. The molecular formula is C14H19NO3. The average molecular weight is 249 g/mol. The van der Waals surface area contributed by atoms with Crippen LogP contribution in [0.4, 0.5) is 0 Å².